The molecule has 0 spiro atoms. The number of ether oxygens (including phenoxy) is 1. The van der Waals surface area contributed by atoms with Crippen molar-refractivity contribution in [2.45, 2.75) is 6.43 Å². The second-order valence-corrected chi connectivity index (χ2v) is 4.26. The van der Waals surface area contributed by atoms with Crippen LogP contribution < -0.4 is 11.1 Å². The highest BCUT2D eigenvalue weighted by atomic mass is 19.3. The minimum atomic E-state index is -2.45. The summed E-state index contributed by atoms with van der Waals surface area (Å²) in [6.07, 6.45) is -2.45. The molecular weight excluding hydrogens is 278 g/mol. The van der Waals surface area contributed by atoms with Gasteiger partial charge in [-0.25, -0.2) is 18.7 Å². The molecule has 5 nitrogen and oxygen atoms in total. The number of hydrogen-bond acceptors (Lipinski definition) is 5. The van der Waals surface area contributed by atoms with E-state index in [-0.39, 0.29) is 6.61 Å². The highest BCUT2D eigenvalue weighted by molar-refractivity contribution is 5.60. The van der Waals surface area contributed by atoms with E-state index in [0.29, 0.717) is 24.0 Å². The number of benzene rings is 1. The van der Waals surface area contributed by atoms with E-state index in [1.54, 1.807) is 6.07 Å². The first-order chi connectivity index (χ1) is 10.1. The van der Waals surface area contributed by atoms with Crippen LogP contribution in [-0.4, -0.2) is 36.2 Å². The first-order valence-corrected chi connectivity index (χ1v) is 6.45. The van der Waals surface area contributed by atoms with Gasteiger partial charge in [-0.1, -0.05) is 30.3 Å². The van der Waals surface area contributed by atoms with Crippen LogP contribution in [0.25, 0.3) is 11.4 Å². The predicted molar refractivity (Wildman–Crippen MR) is 77.2 cm³/mol. The summed E-state index contributed by atoms with van der Waals surface area (Å²) in [7, 11) is 0. The Balaban J connectivity index is 1.96. The van der Waals surface area contributed by atoms with E-state index in [0.717, 1.165) is 5.56 Å². The smallest absolute Gasteiger partial charge is 0.261 e. The predicted octanol–water partition coefficient (Wildman–Crippen LogP) is 2.42. The Labute approximate surface area is 121 Å². The molecule has 7 heteroatoms. The highest BCUT2D eigenvalue weighted by Gasteiger charge is 2.05. The van der Waals surface area contributed by atoms with Gasteiger partial charge in [-0.05, 0) is 0 Å². The number of halogens is 2. The average molecular weight is 294 g/mol. The number of nitrogens with two attached hydrogens (primary N) is 1. The Morgan fingerprint density at radius 1 is 1.19 bits per heavy atom. The average Bonchev–Trinajstić information content (AvgIpc) is 2.47. The van der Waals surface area contributed by atoms with Gasteiger partial charge in [0.05, 0.1) is 6.61 Å². The zero-order valence-electron chi connectivity index (χ0n) is 11.3. The third-order valence-corrected chi connectivity index (χ3v) is 2.57. The minimum absolute atomic E-state index is 0.162. The van der Waals surface area contributed by atoms with Gasteiger partial charge in [-0.15, -0.1) is 0 Å². The van der Waals surface area contributed by atoms with Gasteiger partial charge in [-0.3, -0.25) is 0 Å². The monoisotopic (exact) mass is 294 g/mol. The first-order valence-electron chi connectivity index (χ1n) is 6.45. The van der Waals surface area contributed by atoms with Gasteiger partial charge in [0.2, 0.25) is 0 Å². The molecule has 3 N–H and O–H groups in total. The lowest BCUT2D eigenvalue weighted by molar-refractivity contribution is 0.0215. The number of aromatic nitrogens is 2. The lowest BCUT2D eigenvalue weighted by atomic mass is 10.2. The summed E-state index contributed by atoms with van der Waals surface area (Å²) in [5.41, 5.74) is 6.59. The molecule has 0 atom stereocenters. The molecule has 0 aliphatic rings. The number of hydrogen-bond donors (Lipinski definition) is 2. The molecule has 0 bridgehead atoms. The summed E-state index contributed by atoms with van der Waals surface area (Å²) in [6.45, 7) is -0.0464. The topological polar surface area (TPSA) is 73.1 Å². The molecule has 1 aromatic carbocycles. The van der Waals surface area contributed by atoms with Crippen molar-refractivity contribution in [1.29, 1.82) is 0 Å². The van der Waals surface area contributed by atoms with Crippen LogP contribution in [-0.2, 0) is 4.74 Å². The molecule has 0 aliphatic heterocycles. The molecule has 1 heterocycles. The van der Waals surface area contributed by atoms with Gasteiger partial charge >= 0.3 is 0 Å². The Morgan fingerprint density at radius 2 is 1.95 bits per heavy atom. The molecule has 2 rings (SSSR count). The van der Waals surface area contributed by atoms with Gasteiger partial charge in [0.25, 0.3) is 6.43 Å². The van der Waals surface area contributed by atoms with Crippen LogP contribution >= 0.6 is 0 Å². The van der Waals surface area contributed by atoms with Crippen molar-refractivity contribution in [3.63, 3.8) is 0 Å². The van der Waals surface area contributed by atoms with Gasteiger partial charge < -0.3 is 15.8 Å². The van der Waals surface area contributed by atoms with E-state index >= 15 is 0 Å². The van der Waals surface area contributed by atoms with E-state index in [1.165, 1.54) is 0 Å². The lowest BCUT2D eigenvalue weighted by Gasteiger charge is -2.09. The van der Waals surface area contributed by atoms with E-state index in [4.69, 9.17) is 10.5 Å². The number of alkyl halides is 2. The normalized spacial score (nSPS) is 10.8. The second-order valence-electron chi connectivity index (χ2n) is 4.26. The largest absolute Gasteiger partial charge is 0.384 e. The molecule has 2 aromatic rings. The fourth-order valence-corrected chi connectivity index (χ4v) is 1.70. The Hall–Kier alpha value is -2.28. The van der Waals surface area contributed by atoms with Gasteiger partial charge in [0, 0.05) is 18.2 Å². The number of nitrogens with one attached hydrogen (secondary N) is 1. The van der Waals surface area contributed by atoms with Crippen molar-refractivity contribution < 1.29 is 13.5 Å². The van der Waals surface area contributed by atoms with E-state index in [2.05, 4.69) is 15.3 Å². The summed E-state index contributed by atoms with van der Waals surface area (Å²) in [5, 5.41) is 2.97. The second kappa shape index (κ2) is 7.49. The third kappa shape index (κ3) is 4.96. The molecule has 21 heavy (non-hydrogen) atoms. The quantitative estimate of drug-likeness (QED) is 0.767. The maximum Gasteiger partial charge on any atom is 0.261 e. The van der Waals surface area contributed by atoms with Gasteiger partial charge in [0.1, 0.15) is 18.2 Å². The maximum absolute atomic E-state index is 11.9. The summed E-state index contributed by atoms with van der Waals surface area (Å²) < 4.78 is 28.6. The number of nitrogen functional groups attached to an aromatic ring is 1. The number of rotatable bonds is 7. The Kier molecular flexibility index (Phi) is 5.39. The van der Waals surface area contributed by atoms with Crippen molar-refractivity contribution in [3.05, 3.63) is 36.4 Å². The van der Waals surface area contributed by atoms with Crippen LogP contribution in [0.1, 0.15) is 0 Å². The zero-order valence-corrected chi connectivity index (χ0v) is 11.3. The molecule has 0 radical (unpaired) electrons. The molecule has 1 aromatic heterocycles. The molecule has 0 saturated carbocycles. The van der Waals surface area contributed by atoms with Crippen molar-refractivity contribution in [2.24, 2.45) is 0 Å². The lowest BCUT2D eigenvalue weighted by Crippen LogP contribution is -2.14. The summed E-state index contributed by atoms with van der Waals surface area (Å²) in [4.78, 5) is 8.50. The maximum atomic E-state index is 11.9. The zero-order chi connectivity index (χ0) is 15.1. The SMILES string of the molecule is Nc1cc(NCCOCC(F)F)nc(-c2ccccc2)n1. The first kappa shape index (κ1) is 15.1. The van der Waals surface area contributed by atoms with Crippen LogP contribution in [0.4, 0.5) is 20.4 Å². The van der Waals surface area contributed by atoms with Crippen LogP contribution in [0.2, 0.25) is 0 Å². The molecule has 0 fully saturated rings. The van der Waals surface area contributed by atoms with Gasteiger partial charge in [0.15, 0.2) is 5.82 Å². The summed E-state index contributed by atoms with van der Waals surface area (Å²) in [6, 6.07) is 11.0. The van der Waals surface area contributed by atoms with Crippen LogP contribution in [0.5, 0.6) is 0 Å². The van der Waals surface area contributed by atoms with E-state index in [9.17, 15) is 8.78 Å². The van der Waals surface area contributed by atoms with Crippen molar-refractivity contribution in [1.82, 2.24) is 9.97 Å². The summed E-state index contributed by atoms with van der Waals surface area (Å²) >= 11 is 0. The Bertz CT molecular complexity index is 566. The van der Waals surface area contributed by atoms with Crippen molar-refractivity contribution in [2.75, 3.05) is 30.8 Å². The van der Waals surface area contributed by atoms with Crippen LogP contribution in [0.3, 0.4) is 0 Å². The Morgan fingerprint density at radius 3 is 2.67 bits per heavy atom. The van der Waals surface area contributed by atoms with Gasteiger partial charge in [-0.2, -0.15) is 0 Å². The molecular formula is C14H16F2N4O. The molecule has 0 unspecified atom stereocenters. The summed E-state index contributed by atoms with van der Waals surface area (Å²) in [5.74, 6) is 1.37. The minimum Gasteiger partial charge on any atom is -0.384 e. The number of anilines is 2. The standard InChI is InChI=1S/C14H16F2N4O/c15-11(16)9-21-7-6-18-13-8-12(17)19-14(20-13)10-4-2-1-3-5-10/h1-5,8,11H,6-7,9H2,(H3,17,18,19,20). The van der Waals surface area contributed by atoms with Crippen molar-refractivity contribution in [3.8, 4) is 11.4 Å². The third-order valence-electron chi connectivity index (χ3n) is 2.57. The molecule has 0 aliphatic carbocycles. The highest BCUT2D eigenvalue weighted by Crippen LogP contribution is 2.18. The molecule has 112 valence electrons. The molecule has 0 amide bonds. The number of nitrogens with zero attached hydrogens (tertiary/aromatic N) is 2. The van der Waals surface area contributed by atoms with Crippen LogP contribution in [0, 0.1) is 0 Å². The van der Waals surface area contributed by atoms with E-state index < -0.39 is 13.0 Å². The molecule has 0 saturated heterocycles. The fraction of sp³-hybridized carbons (Fsp3) is 0.286. The fourth-order valence-electron chi connectivity index (χ4n) is 1.70. The van der Waals surface area contributed by atoms with Crippen molar-refractivity contribution >= 4 is 11.6 Å². The van der Waals surface area contributed by atoms with Crippen LogP contribution in [0.15, 0.2) is 36.4 Å². The van der Waals surface area contributed by atoms with E-state index in [1.807, 2.05) is 30.3 Å².